The highest BCUT2D eigenvalue weighted by Crippen LogP contribution is 2.14. The minimum atomic E-state index is -0.883. The highest BCUT2D eigenvalue weighted by Gasteiger charge is 2.26. The van der Waals surface area contributed by atoms with Gasteiger partial charge in [-0.1, -0.05) is 30.3 Å². The van der Waals surface area contributed by atoms with E-state index < -0.39 is 17.9 Å². The number of nitrogens with one attached hydrogen (secondary N) is 3. The molecule has 1 aromatic carbocycles. The monoisotopic (exact) mass is 357 g/mol. The zero-order valence-electron chi connectivity index (χ0n) is 14.6. The molecule has 2 rings (SSSR count). The van der Waals surface area contributed by atoms with E-state index in [1.807, 2.05) is 30.3 Å². The maximum absolute atomic E-state index is 12.7. The fraction of sp³-hybridized carbons (Fsp3) is 0.333. The van der Waals surface area contributed by atoms with Crippen LogP contribution in [0.15, 0.2) is 42.9 Å². The number of hydrogen-bond acceptors (Lipinski definition) is 4. The van der Waals surface area contributed by atoms with Crippen molar-refractivity contribution in [3.05, 3.63) is 54.1 Å². The first-order valence-electron chi connectivity index (χ1n) is 8.31. The SMILES string of the molecule is CNC(=O)CC(Cc1ccccc1)C(=O)NC(Cc1cnc[nH]1)C(N)=O. The first kappa shape index (κ1) is 19.2. The van der Waals surface area contributed by atoms with Crippen LogP contribution in [0, 0.1) is 5.92 Å². The number of nitrogens with two attached hydrogens (primary N) is 1. The molecule has 0 spiro atoms. The van der Waals surface area contributed by atoms with Crippen LogP contribution in [-0.2, 0) is 27.2 Å². The molecular formula is C18H23N5O3. The summed E-state index contributed by atoms with van der Waals surface area (Å²) in [5, 5.41) is 5.19. The fourth-order valence-corrected chi connectivity index (χ4v) is 2.61. The topological polar surface area (TPSA) is 130 Å². The predicted molar refractivity (Wildman–Crippen MR) is 95.7 cm³/mol. The van der Waals surface area contributed by atoms with Crippen molar-refractivity contribution in [2.24, 2.45) is 11.7 Å². The Bertz CT molecular complexity index is 731. The van der Waals surface area contributed by atoms with Gasteiger partial charge in [-0.25, -0.2) is 4.98 Å². The molecule has 1 heterocycles. The van der Waals surface area contributed by atoms with Crippen LogP contribution in [0.2, 0.25) is 0 Å². The van der Waals surface area contributed by atoms with E-state index in [0.717, 1.165) is 5.56 Å². The number of nitrogens with zero attached hydrogens (tertiary/aromatic N) is 1. The summed E-state index contributed by atoms with van der Waals surface area (Å²) in [4.78, 5) is 43.0. The van der Waals surface area contributed by atoms with Crippen molar-refractivity contribution in [3.8, 4) is 0 Å². The van der Waals surface area contributed by atoms with Gasteiger partial charge < -0.3 is 21.4 Å². The lowest BCUT2D eigenvalue weighted by Gasteiger charge is -2.20. The van der Waals surface area contributed by atoms with Gasteiger partial charge in [0.25, 0.3) is 0 Å². The molecule has 0 saturated carbocycles. The molecule has 5 N–H and O–H groups in total. The molecule has 0 saturated heterocycles. The molecule has 0 aliphatic heterocycles. The summed E-state index contributed by atoms with van der Waals surface area (Å²) in [6.45, 7) is 0. The third-order valence-electron chi connectivity index (χ3n) is 4.05. The van der Waals surface area contributed by atoms with E-state index in [1.54, 1.807) is 6.20 Å². The number of carbonyl (C=O) groups excluding carboxylic acids is 3. The smallest absolute Gasteiger partial charge is 0.240 e. The van der Waals surface area contributed by atoms with Gasteiger partial charge in [-0.2, -0.15) is 0 Å². The van der Waals surface area contributed by atoms with Crippen molar-refractivity contribution in [1.29, 1.82) is 0 Å². The summed E-state index contributed by atoms with van der Waals surface area (Å²) in [6.07, 6.45) is 3.66. The van der Waals surface area contributed by atoms with E-state index >= 15 is 0 Å². The molecule has 138 valence electrons. The number of aromatic nitrogens is 2. The molecule has 2 unspecified atom stereocenters. The second kappa shape index (κ2) is 9.36. The minimum Gasteiger partial charge on any atom is -0.368 e. The van der Waals surface area contributed by atoms with Crippen LogP contribution >= 0.6 is 0 Å². The Balaban J connectivity index is 2.09. The Kier molecular flexibility index (Phi) is 6.90. The zero-order valence-corrected chi connectivity index (χ0v) is 14.6. The Morgan fingerprint density at radius 3 is 2.50 bits per heavy atom. The first-order valence-corrected chi connectivity index (χ1v) is 8.31. The third-order valence-corrected chi connectivity index (χ3v) is 4.05. The van der Waals surface area contributed by atoms with Gasteiger partial charge in [0.2, 0.25) is 17.7 Å². The average Bonchev–Trinajstić information content (AvgIpc) is 3.14. The Hall–Kier alpha value is -3.16. The molecule has 0 aliphatic carbocycles. The second-order valence-electron chi connectivity index (χ2n) is 6.01. The van der Waals surface area contributed by atoms with Crippen molar-refractivity contribution in [2.75, 3.05) is 7.05 Å². The van der Waals surface area contributed by atoms with E-state index in [1.165, 1.54) is 13.4 Å². The van der Waals surface area contributed by atoms with Gasteiger partial charge in [0.1, 0.15) is 6.04 Å². The molecule has 3 amide bonds. The number of H-pyrrole nitrogens is 1. The largest absolute Gasteiger partial charge is 0.368 e. The fourth-order valence-electron chi connectivity index (χ4n) is 2.61. The number of amides is 3. The molecule has 1 aromatic heterocycles. The van der Waals surface area contributed by atoms with Crippen molar-refractivity contribution in [3.63, 3.8) is 0 Å². The van der Waals surface area contributed by atoms with Crippen molar-refractivity contribution < 1.29 is 14.4 Å². The van der Waals surface area contributed by atoms with Crippen molar-refractivity contribution in [2.45, 2.75) is 25.3 Å². The van der Waals surface area contributed by atoms with Gasteiger partial charge in [0, 0.05) is 31.8 Å². The Morgan fingerprint density at radius 1 is 1.19 bits per heavy atom. The molecule has 8 heteroatoms. The van der Waals surface area contributed by atoms with Crippen LogP contribution in [0.3, 0.4) is 0 Å². The standard InChI is InChI=1S/C18H23N5O3/c1-20-16(24)8-13(7-12-5-3-2-4-6-12)18(26)23-15(17(19)25)9-14-10-21-11-22-14/h2-6,10-11,13,15H,7-9H2,1H3,(H2,19,25)(H,20,24)(H,21,22)(H,23,26). The molecule has 0 aliphatic rings. The number of aromatic amines is 1. The second-order valence-corrected chi connectivity index (χ2v) is 6.01. The number of rotatable bonds is 9. The lowest BCUT2D eigenvalue weighted by Crippen LogP contribution is -2.48. The normalized spacial score (nSPS) is 12.8. The molecule has 0 fully saturated rings. The summed E-state index contributed by atoms with van der Waals surface area (Å²) in [5.41, 5.74) is 7.03. The summed E-state index contributed by atoms with van der Waals surface area (Å²) in [6, 6.07) is 8.51. The van der Waals surface area contributed by atoms with Gasteiger partial charge in [0.15, 0.2) is 0 Å². The zero-order chi connectivity index (χ0) is 18.9. The summed E-state index contributed by atoms with van der Waals surface area (Å²) >= 11 is 0. The van der Waals surface area contributed by atoms with Crippen molar-refractivity contribution in [1.82, 2.24) is 20.6 Å². The number of hydrogen-bond donors (Lipinski definition) is 4. The lowest BCUT2D eigenvalue weighted by atomic mass is 9.94. The van der Waals surface area contributed by atoms with Gasteiger partial charge >= 0.3 is 0 Å². The van der Waals surface area contributed by atoms with Crippen molar-refractivity contribution >= 4 is 17.7 Å². The minimum absolute atomic E-state index is 0.0206. The van der Waals surface area contributed by atoms with E-state index in [4.69, 9.17) is 5.73 Å². The molecule has 0 bridgehead atoms. The lowest BCUT2D eigenvalue weighted by molar-refractivity contribution is -0.132. The number of imidazole rings is 1. The maximum atomic E-state index is 12.7. The highest BCUT2D eigenvalue weighted by atomic mass is 16.2. The van der Waals surface area contributed by atoms with Gasteiger partial charge in [-0.3, -0.25) is 14.4 Å². The van der Waals surface area contributed by atoms with E-state index in [9.17, 15) is 14.4 Å². The van der Waals surface area contributed by atoms with Crippen LogP contribution in [0.4, 0.5) is 0 Å². The van der Waals surface area contributed by atoms with E-state index in [0.29, 0.717) is 12.1 Å². The van der Waals surface area contributed by atoms with Gasteiger partial charge in [0.05, 0.1) is 12.2 Å². The van der Waals surface area contributed by atoms with Crippen LogP contribution < -0.4 is 16.4 Å². The molecule has 8 nitrogen and oxygen atoms in total. The number of carbonyl (C=O) groups is 3. The Labute approximate surface area is 151 Å². The average molecular weight is 357 g/mol. The van der Waals surface area contributed by atoms with Crippen LogP contribution in [0.1, 0.15) is 17.7 Å². The summed E-state index contributed by atoms with van der Waals surface area (Å²) in [5.74, 6) is -1.89. The van der Waals surface area contributed by atoms with Crippen LogP contribution in [0.25, 0.3) is 0 Å². The van der Waals surface area contributed by atoms with Crippen LogP contribution in [-0.4, -0.2) is 40.8 Å². The van der Waals surface area contributed by atoms with E-state index in [-0.39, 0.29) is 24.7 Å². The summed E-state index contributed by atoms with van der Waals surface area (Å²) < 4.78 is 0. The predicted octanol–water partition coefficient (Wildman–Crippen LogP) is -0.0827. The highest BCUT2D eigenvalue weighted by molar-refractivity contribution is 5.90. The molecule has 2 atom stereocenters. The first-order chi connectivity index (χ1) is 12.5. The maximum Gasteiger partial charge on any atom is 0.240 e. The Morgan fingerprint density at radius 2 is 1.92 bits per heavy atom. The van der Waals surface area contributed by atoms with Crippen LogP contribution in [0.5, 0.6) is 0 Å². The molecule has 26 heavy (non-hydrogen) atoms. The third kappa shape index (κ3) is 5.73. The molecular weight excluding hydrogens is 334 g/mol. The van der Waals surface area contributed by atoms with Gasteiger partial charge in [-0.15, -0.1) is 0 Å². The number of benzene rings is 1. The summed E-state index contributed by atoms with van der Waals surface area (Å²) in [7, 11) is 1.52. The quantitative estimate of drug-likeness (QED) is 0.500. The molecule has 0 radical (unpaired) electrons. The van der Waals surface area contributed by atoms with Gasteiger partial charge in [-0.05, 0) is 12.0 Å². The number of primary amides is 1. The molecule has 2 aromatic rings. The van der Waals surface area contributed by atoms with E-state index in [2.05, 4.69) is 20.6 Å².